The molecule has 3 heteroatoms. The summed E-state index contributed by atoms with van der Waals surface area (Å²) in [7, 11) is 0. The molecule has 0 aliphatic carbocycles. The number of nitrogens with one attached hydrogen (secondary N) is 1. The Hall–Kier alpha value is -1.16. The van der Waals surface area contributed by atoms with Gasteiger partial charge >= 0.3 is 0 Å². The van der Waals surface area contributed by atoms with Crippen LogP contribution in [0.1, 0.15) is 12.5 Å². The van der Waals surface area contributed by atoms with Crippen molar-refractivity contribution in [3.8, 4) is 0 Å². The van der Waals surface area contributed by atoms with Gasteiger partial charge in [-0.1, -0.05) is 42.5 Å². The minimum atomic E-state index is 0.655. The minimum absolute atomic E-state index is 0.655. The number of rotatable bonds is 10. The van der Waals surface area contributed by atoms with Crippen LogP contribution in [0.15, 0.2) is 36.4 Å². The van der Waals surface area contributed by atoms with Crippen LogP contribution in [0, 0.1) is 0 Å². The largest absolute Gasteiger partial charge is 0.380 e. The van der Waals surface area contributed by atoms with Crippen LogP contribution in [0.3, 0.4) is 0 Å². The minimum Gasteiger partial charge on any atom is -0.380 e. The quantitative estimate of drug-likeness (QED) is 0.646. The molecule has 0 aliphatic rings. The van der Waals surface area contributed by atoms with E-state index in [2.05, 4.69) is 23.5 Å². The number of ether oxygens (including phenoxy) is 2. The highest BCUT2D eigenvalue weighted by Gasteiger charge is 1.88. The summed E-state index contributed by atoms with van der Waals surface area (Å²) in [4.78, 5) is 0. The van der Waals surface area contributed by atoms with Crippen LogP contribution >= 0.6 is 0 Å². The highest BCUT2D eigenvalue weighted by molar-refractivity contribution is 5.48. The van der Waals surface area contributed by atoms with E-state index in [1.165, 1.54) is 5.56 Å². The van der Waals surface area contributed by atoms with Crippen molar-refractivity contribution in [1.82, 2.24) is 5.32 Å². The van der Waals surface area contributed by atoms with Gasteiger partial charge in [0.2, 0.25) is 0 Å². The molecule has 1 rings (SSSR count). The van der Waals surface area contributed by atoms with Crippen LogP contribution in [0.25, 0.3) is 6.08 Å². The van der Waals surface area contributed by atoms with Crippen LogP contribution in [0.5, 0.6) is 0 Å². The van der Waals surface area contributed by atoms with Gasteiger partial charge in [0.15, 0.2) is 0 Å². The molecule has 0 heterocycles. The molecule has 1 aromatic rings. The van der Waals surface area contributed by atoms with Crippen molar-refractivity contribution in [2.45, 2.75) is 6.92 Å². The van der Waals surface area contributed by atoms with E-state index >= 15 is 0 Å². The summed E-state index contributed by atoms with van der Waals surface area (Å²) in [6, 6.07) is 10.2. The lowest BCUT2D eigenvalue weighted by molar-refractivity contribution is 0.139. The Labute approximate surface area is 110 Å². The third-order valence-electron chi connectivity index (χ3n) is 2.37. The van der Waals surface area contributed by atoms with Crippen molar-refractivity contribution < 1.29 is 9.47 Å². The molecular weight excluding hydrogens is 226 g/mol. The predicted octanol–water partition coefficient (Wildman–Crippen LogP) is 2.34. The lowest BCUT2D eigenvalue weighted by atomic mass is 10.2. The first-order chi connectivity index (χ1) is 8.93. The van der Waals surface area contributed by atoms with Gasteiger partial charge in [0, 0.05) is 19.7 Å². The molecule has 0 aliphatic heterocycles. The van der Waals surface area contributed by atoms with Gasteiger partial charge in [0.05, 0.1) is 19.8 Å². The Morgan fingerprint density at radius 1 is 1.06 bits per heavy atom. The third-order valence-corrected chi connectivity index (χ3v) is 2.37. The van der Waals surface area contributed by atoms with Gasteiger partial charge in [-0.05, 0) is 12.5 Å². The second kappa shape index (κ2) is 11.0. The SMILES string of the molecule is CCOCCNCCOC/C=C/c1ccccc1. The number of hydrogen-bond donors (Lipinski definition) is 1. The molecule has 0 amide bonds. The topological polar surface area (TPSA) is 30.5 Å². The van der Waals surface area contributed by atoms with Crippen molar-refractivity contribution in [1.29, 1.82) is 0 Å². The number of benzene rings is 1. The maximum atomic E-state index is 5.47. The summed E-state index contributed by atoms with van der Waals surface area (Å²) >= 11 is 0. The zero-order valence-electron chi connectivity index (χ0n) is 11.1. The third kappa shape index (κ3) is 8.01. The summed E-state index contributed by atoms with van der Waals surface area (Å²) in [5, 5.41) is 3.25. The van der Waals surface area contributed by atoms with E-state index in [1.54, 1.807) is 0 Å². The van der Waals surface area contributed by atoms with Gasteiger partial charge in [-0.3, -0.25) is 0 Å². The Bertz CT molecular complexity index is 312. The van der Waals surface area contributed by atoms with Crippen molar-refractivity contribution in [2.75, 3.05) is 39.5 Å². The molecule has 3 nitrogen and oxygen atoms in total. The second-order valence-corrected chi connectivity index (χ2v) is 3.83. The maximum Gasteiger partial charge on any atom is 0.0651 e. The Morgan fingerprint density at radius 2 is 1.78 bits per heavy atom. The monoisotopic (exact) mass is 249 g/mol. The van der Waals surface area contributed by atoms with Gasteiger partial charge in [0.1, 0.15) is 0 Å². The summed E-state index contributed by atoms with van der Waals surface area (Å²) in [5.41, 5.74) is 1.20. The van der Waals surface area contributed by atoms with Crippen LogP contribution in [-0.2, 0) is 9.47 Å². The van der Waals surface area contributed by atoms with E-state index in [-0.39, 0.29) is 0 Å². The molecule has 0 saturated carbocycles. The van der Waals surface area contributed by atoms with Gasteiger partial charge < -0.3 is 14.8 Å². The Kier molecular flexibility index (Phi) is 9.07. The molecule has 1 N–H and O–H groups in total. The van der Waals surface area contributed by atoms with E-state index in [9.17, 15) is 0 Å². The first kappa shape index (κ1) is 14.9. The molecule has 0 aromatic heterocycles. The van der Waals surface area contributed by atoms with Crippen molar-refractivity contribution in [3.05, 3.63) is 42.0 Å². The molecule has 0 spiro atoms. The Balaban J connectivity index is 1.91. The highest BCUT2D eigenvalue weighted by atomic mass is 16.5. The van der Waals surface area contributed by atoms with Crippen molar-refractivity contribution in [2.24, 2.45) is 0 Å². The van der Waals surface area contributed by atoms with Crippen LogP contribution in [-0.4, -0.2) is 39.5 Å². The smallest absolute Gasteiger partial charge is 0.0651 e. The predicted molar refractivity (Wildman–Crippen MR) is 75.7 cm³/mol. The molecule has 18 heavy (non-hydrogen) atoms. The van der Waals surface area contributed by atoms with Crippen LogP contribution in [0.2, 0.25) is 0 Å². The normalized spacial score (nSPS) is 11.2. The van der Waals surface area contributed by atoms with Crippen LogP contribution < -0.4 is 5.32 Å². The fourth-order valence-electron chi connectivity index (χ4n) is 1.46. The van der Waals surface area contributed by atoms with E-state index in [1.807, 2.05) is 31.2 Å². The summed E-state index contributed by atoms with van der Waals surface area (Å²) in [6.45, 7) is 6.69. The molecular formula is C15H23NO2. The van der Waals surface area contributed by atoms with Crippen LogP contribution in [0.4, 0.5) is 0 Å². The standard InChI is InChI=1S/C15H23NO2/c1-2-17-13-10-16-11-14-18-12-6-9-15-7-4-3-5-8-15/h3-9,16H,2,10-14H2,1H3/b9-6+. The molecule has 0 saturated heterocycles. The molecule has 0 bridgehead atoms. The number of hydrogen-bond acceptors (Lipinski definition) is 3. The van der Waals surface area contributed by atoms with Gasteiger partial charge in [0.25, 0.3) is 0 Å². The molecule has 0 atom stereocenters. The lowest BCUT2D eigenvalue weighted by Gasteiger charge is -2.04. The van der Waals surface area contributed by atoms with Gasteiger partial charge in [-0.15, -0.1) is 0 Å². The molecule has 1 aromatic carbocycles. The molecule has 100 valence electrons. The first-order valence-corrected chi connectivity index (χ1v) is 6.51. The zero-order chi connectivity index (χ0) is 12.9. The summed E-state index contributed by atoms with van der Waals surface area (Å²) < 4.78 is 10.7. The van der Waals surface area contributed by atoms with Gasteiger partial charge in [-0.2, -0.15) is 0 Å². The fourth-order valence-corrected chi connectivity index (χ4v) is 1.46. The lowest BCUT2D eigenvalue weighted by Crippen LogP contribution is -2.24. The molecule has 0 unspecified atom stereocenters. The summed E-state index contributed by atoms with van der Waals surface area (Å²) in [5.74, 6) is 0. The van der Waals surface area contributed by atoms with E-state index in [4.69, 9.17) is 9.47 Å². The highest BCUT2D eigenvalue weighted by Crippen LogP contribution is 2.00. The molecule has 0 fully saturated rings. The van der Waals surface area contributed by atoms with Gasteiger partial charge in [-0.25, -0.2) is 0 Å². The zero-order valence-corrected chi connectivity index (χ0v) is 11.1. The Morgan fingerprint density at radius 3 is 2.50 bits per heavy atom. The average molecular weight is 249 g/mol. The summed E-state index contributed by atoms with van der Waals surface area (Å²) in [6.07, 6.45) is 4.11. The second-order valence-electron chi connectivity index (χ2n) is 3.83. The maximum absolute atomic E-state index is 5.47. The van der Waals surface area contributed by atoms with E-state index in [0.717, 1.165) is 32.9 Å². The first-order valence-electron chi connectivity index (χ1n) is 6.51. The van der Waals surface area contributed by atoms with Crippen molar-refractivity contribution >= 4 is 6.08 Å². The fraction of sp³-hybridized carbons (Fsp3) is 0.467. The molecule has 0 radical (unpaired) electrons. The average Bonchev–Trinajstić information content (AvgIpc) is 2.42. The van der Waals surface area contributed by atoms with E-state index < -0.39 is 0 Å². The van der Waals surface area contributed by atoms with E-state index in [0.29, 0.717) is 6.61 Å². The van der Waals surface area contributed by atoms with Crippen molar-refractivity contribution in [3.63, 3.8) is 0 Å².